The van der Waals surface area contributed by atoms with E-state index in [1.54, 1.807) is 0 Å². The molecule has 0 fully saturated rings. The predicted octanol–water partition coefficient (Wildman–Crippen LogP) is 2.85. The van der Waals surface area contributed by atoms with Gasteiger partial charge in [-0.2, -0.15) is 0 Å². The van der Waals surface area contributed by atoms with E-state index >= 15 is 0 Å². The van der Waals surface area contributed by atoms with Crippen molar-refractivity contribution >= 4 is 5.69 Å². The molecular weight excluding hydrogens is 238 g/mol. The highest BCUT2D eigenvalue weighted by atomic mass is 16.5. The normalized spacial score (nSPS) is 11.9. The first-order valence-electron chi connectivity index (χ1n) is 6.40. The third-order valence-electron chi connectivity index (χ3n) is 2.92. The summed E-state index contributed by atoms with van der Waals surface area (Å²) in [5, 5.41) is 12.7. The predicted molar refractivity (Wildman–Crippen MR) is 77.6 cm³/mol. The van der Waals surface area contributed by atoms with Crippen LogP contribution in [0.5, 0.6) is 5.75 Å². The van der Waals surface area contributed by atoms with Crippen molar-refractivity contribution in [3.8, 4) is 5.75 Å². The van der Waals surface area contributed by atoms with E-state index in [9.17, 15) is 5.11 Å². The van der Waals surface area contributed by atoms with Gasteiger partial charge in [0.2, 0.25) is 0 Å². The lowest BCUT2D eigenvalue weighted by atomic mass is 10.2. The van der Waals surface area contributed by atoms with Gasteiger partial charge in [0.1, 0.15) is 12.4 Å². The molecule has 0 saturated heterocycles. The number of nitrogens with one attached hydrogen (secondary N) is 1. The molecule has 2 N–H and O–H groups in total. The largest absolute Gasteiger partial charge is 0.491 e. The van der Waals surface area contributed by atoms with Crippen molar-refractivity contribution in [1.29, 1.82) is 0 Å². The molecule has 0 spiro atoms. The van der Waals surface area contributed by atoms with Gasteiger partial charge in [-0.25, -0.2) is 0 Å². The molecule has 0 aliphatic heterocycles. The molecule has 0 aliphatic rings. The first-order chi connectivity index (χ1) is 9.29. The second kappa shape index (κ2) is 6.81. The fraction of sp³-hybridized carbons (Fsp3) is 0.250. The summed E-state index contributed by atoms with van der Waals surface area (Å²) < 4.78 is 5.65. The maximum Gasteiger partial charge on any atom is 0.119 e. The first-order valence-corrected chi connectivity index (χ1v) is 6.40. The van der Waals surface area contributed by atoms with E-state index in [0.29, 0.717) is 6.61 Å². The van der Waals surface area contributed by atoms with Crippen molar-refractivity contribution in [2.24, 2.45) is 0 Å². The molecule has 3 heteroatoms. The molecule has 100 valence electrons. The number of para-hydroxylation sites is 2. The molecule has 3 nitrogen and oxygen atoms in total. The van der Waals surface area contributed by atoms with E-state index in [2.05, 4.69) is 5.32 Å². The summed E-state index contributed by atoms with van der Waals surface area (Å²) in [5.41, 5.74) is 2.18. The highest BCUT2D eigenvalue weighted by Gasteiger charge is 2.09. The lowest BCUT2D eigenvalue weighted by Crippen LogP contribution is -2.31. The Morgan fingerprint density at radius 3 is 2.42 bits per heavy atom. The fourth-order valence-corrected chi connectivity index (χ4v) is 1.81. The van der Waals surface area contributed by atoms with Crippen LogP contribution in [-0.2, 0) is 0 Å². The van der Waals surface area contributed by atoms with Gasteiger partial charge < -0.3 is 15.2 Å². The molecule has 2 aromatic carbocycles. The number of aryl methyl sites for hydroxylation is 1. The van der Waals surface area contributed by atoms with Crippen molar-refractivity contribution in [3.05, 3.63) is 60.2 Å². The van der Waals surface area contributed by atoms with Crippen LogP contribution in [-0.4, -0.2) is 24.4 Å². The van der Waals surface area contributed by atoms with Crippen molar-refractivity contribution in [2.75, 3.05) is 18.5 Å². The van der Waals surface area contributed by atoms with Crippen LogP contribution in [0.25, 0.3) is 0 Å². The Hall–Kier alpha value is -2.00. The van der Waals surface area contributed by atoms with Crippen LogP contribution in [0.1, 0.15) is 5.56 Å². The molecule has 0 amide bonds. The molecule has 0 heterocycles. The monoisotopic (exact) mass is 257 g/mol. The summed E-state index contributed by atoms with van der Waals surface area (Å²) in [5.74, 6) is 0.813. The summed E-state index contributed by atoms with van der Waals surface area (Å²) in [6, 6.07) is 17.5. The van der Waals surface area contributed by atoms with Gasteiger partial charge in [-0.15, -0.1) is 0 Å². The molecule has 0 bridgehead atoms. The minimum absolute atomic E-state index is 0.0289. The van der Waals surface area contributed by atoms with Crippen LogP contribution in [0, 0.1) is 6.92 Å². The Bertz CT molecular complexity index is 499. The molecule has 1 atom stereocenters. The van der Waals surface area contributed by atoms with Crippen LogP contribution < -0.4 is 10.1 Å². The topological polar surface area (TPSA) is 41.5 Å². The molecule has 0 aromatic heterocycles. The number of hydrogen-bond acceptors (Lipinski definition) is 3. The Morgan fingerprint density at radius 1 is 1.05 bits per heavy atom. The van der Waals surface area contributed by atoms with Gasteiger partial charge in [0.05, 0.1) is 12.6 Å². The summed E-state index contributed by atoms with van der Waals surface area (Å²) in [6.07, 6.45) is 0. The molecule has 0 aliphatic carbocycles. The molecule has 2 aromatic rings. The van der Waals surface area contributed by atoms with Crippen molar-refractivity contribution in [2.45, 2.75) is 13.0 Å². The molecule has 0 radical (unpaired) electrons. The zero-order valence-electron chi connectivity index (χ0n) is 11.0. The summed E-state index contributed by atoms with van der Waals surface area (Å²) in [4.78, 5) is 0. The second-order valence-corrected chi connectivity index (χ2v) is 4.46. The van der Waals surface area contributed by atoms with Gasteiger partial charge in [-0.1, -0.05) is 36.4 Å². The van der Waals surface area contributed by atoms with Crippen LogP contribution in [0.3, 0.4) is 0 Å². The van der Waals surface area contributed by atoms with Crippen molar-refractivity contribution in [1.82, 2.24) is 0 Å². The first kappa shape index (κ1) is 13.4. The Kier molecular flexibility index (Phi) is 4.81. The number of aliphatic hydroxyl groups is 1. The van der Waals surface area contributed by atoms with E-state index in [0.717, 1.165) is 17.0 Å². The minimum Gasteiger partial charge on any atom is -0.491 e. The standard InChI is InChI=1S/C16H19NO2/c1-13-7-5-6-10-16(13)17-14(11-18)12-19-15-8-3-2-4-9-15/h2-10,14,17-18H,11-12H2,1H3. The fourth-order valence-electron chi connectivity index (χ4n) is 1.81. The van der Waals surface area contributed by atoms with Gasteiger partial charge in [0, 0.05) is 5.69 Å². The van der Waals surface area contributed by atoms with Gasteiger partial charge in [0.25, 0.3) is 0 Å². The number of ether oxygens (including phenoxy) is 1. The van der Waals surface area contributed by atoms with Crippen molar-refractivity contribution in [3.63, 3.8) is 0 Å². The maximum atomic E-state index is 9.41. The lowest BCUT2D eigenvalue weighted by molar-refractivity contribution is 0.216. The van der Waals surface area contributed by atoms with Gasteiger partial charge in [0.15, 0.2) is 0 Å². The van der Waals surface area contributed by atoms with E-state index < -0.39 is 0 Å². The molecule has 2 rings (SSSR count). The molecular formula is C16H19NO2. The van der Waals surface area contributed by atoms with E-state index in [4.69, 9.17) is 4.74 Å². The zero-order valence-corrected chi connectivity index (χ0v) is 11.0. The van der Waals surface area contributed by atoms with Crippen LogP contribution in [0.15, 0.2) is 54.6 Å². The van der Waals surface area contributed by atoms with E-state index in [1.807, 2.05) is 61.5 Å². The van der Waals surface area contributed by atoms with Crippen molar-refractivity contribution < 1.29 is 9.84 Å². The van der Waals surface area contributed by atoms with E-state index in [1.165, 1.54) is 0 Å². The average molecular weight is 257 g/mol. The molecule has 1 unspecified atom stereocenters. The van der Waals surface area contributed by atoms with Gasteiger partial charge >= 0.3 is 0 Å². The summed E-state index contributed by atoms with van der Waals surface area (Å²) in [6.45, 7) is 2.49. The van der Waals surface area contributed by atoms with Crippen LogP contribution in [0.4, 0.5) is 5.69 Å². The van der Waals surface area contributed by atoms with Gasteiger partial charge in [-0.05, 0) is 30.7 Å². The Balaban J connectivity index is 1.92. The number of anilines is 1. The number of rotatable bonds is 6. The highest BCUT2D eigenvalue weighted by Crippen LogP contribution is 2.15. The molecule has 19 heavy (non-hydrogen) atoms. The third-order valence-corrected chi connectivity index (χ3v) is 2.92. The zero-order chi connectivity index (χ0) is 13.5. The van der Waals surface area contributed by atoms with Gasteiger partial charge in [-0.3, -0.25) is 0 Å². The smallest absolute Gasteiger partial charge is 0.119 e. The second-order valence-electron chi connectivity index (χ2n) is 4.46. The third kappa shape index (κ3) is 4.00. The SMILES string of the molecule is Cc1ccccc1NC(CO)COc1ccccc1. The number of aliphatic hydroxyl groups excluding tert-OH is 1. The summed E-state index contributed by atoms with van der Waals surface area (Å²) in [7, 11) is 0. The average Bonchev–Trinajstić information content (AvgIpc) is 2.46. The van der Waals surface area contributed by atoms with E-state index in [-0.39, 0.29) is 12.6 Å². The number of hydrogen-bond donors (Lipinski definition) is 2. The Morgan fingerprint density at radius 2 is 1.74 bits per heavy atom. The van der Waals surface area contributed by atoms with Crippen LogP contribution in [0.2, 0.25) is 0 Å². The lowest BCUT2D eigenvalue weighted by Gasteiger charge is -2.19. The quantitative estimate of drug-likeness (QED) is 0.836. The number of benzene rings is 2. The maximum absolute atomic E-state index is 9.41. The van der Waals surface area contributed by atoms with Crippen LogP contribution >= 0.6 is 0 Å². The summed E-state index contributed by atoms with van der Waals surface area (Å²) >= 11 is 0. The minimum atomic E-state index is -0.124. The molecule has 0 saturated carbocycles. The highest BCUT2D eigenvalue weighted by molar-refractivity contribution is 5.51. The Labute approximate surface area is 113 Å².